The van der Waals surface area contributed by atoms with Crippen LogP contribution >= 0.6 is 39.1 Å². The van der Waals surface area contributed by atoms with Gasteiger partial charge in [-0.05, 0) is 73.5 Å². The van der Waals surface area contributed by atoms with E-state index >= 15 is 0 Å². The summed E-state index contributed by atoms with van der Waals surface area (Å²) < 4.78 is 6.49. The predicted octanol–water partition coefficient (Wildman–Crippen LogP) is 6.37. The first-order chi connectivity index (χ1) is 16.2. The molecule has 0 aromatic heterocycles. The number of ether oxygens (including phenoxy) is 1. The maximum Gasteiger partial charge on any atom is 0.343 e. The molecule has 1 N–H and O–H groups in total. The second-order valence-corrected chi connectivity index (χ2v) is 9.25. The van der Waals surface area contributed by atoms with E-state index in [1.165, 1.54) is 0 Å². The van der Waals surface area contributed by atoms with Gasteiger partial charge in [0.05, 0.1) is 16.3 Å². The normalized spacial score (nSPS) is 13.5. The first-order valence-electron chi connectivity index (χ1n) is 10.1. The Bertz CT molecular complexity index is 1350. The average Bonchev–Trinajstić information content (AvgIpc) is 3.00. The number of nitrogens with zero attached hydrogens (tertiary/aromatic N) is 1. The van der Waals surface area contributed by atoms with Gasteiger partial charge in [0, 0.05) is 10.2 Å². The monoisotopic (exact) mass is 558 g/mol. The summed E-state index contributed by atoms with van der Waals surface area (Å²) in [7, 11) is 0. The minimum atomic E-state index is -0.678. The van der Waals surface area contributed by atoms with Gasteiger partial charge in [0.15, 0.2) is 0 Å². The lowest BCUT2D eigenvalue weighted by molar-refractivity contribution is -0.120. The molecular formula is C25H17BrCl2N2O4. The van der Waals surface area contributed by atoms with Crippen molar-refractivity contribution in [3.8, 4) is 5.75 Å². The Hall–Kier alpha value is -3.13. The highest BCUT2D eigenvalue weighted by Gasteiger charge is 2.39. The van der Waals surface area contributed by atoms with Crippen molar-refractivity contribution in [1.29, 1.82) is 0 Å². The summed E-state index contributed by atoms with van der Waals surface area (Å²) >= 11 is 15.7. The Morgan fingerprint density at radius 3 is 2.18 bits per heavy atom. The molecule has 1 aliphatic rings. The van der Waals surface area contributed by atoms with E-state index in [1.54, 1.807) is 48.5 Å². The fourth-order valence-corrected chi connectivity index (χ4v) is 4.63. The summed E-state index contributed by atoms with van der Waals surface area (Å²) in [6, 6.07) is 16.5. The molecule has 1 heterocycles. The van der Waals surface area contributed by atoms with Crippen LogP contribution in [0.2, 0.25) is 5.02 Å². The summed E-state index contributed by atoms with van der Waals surface area (Å²) in [4.78, 5) is 39.1. The van der Waals surface area contributed by atoms with Gasteiger partial charge in [-0.2, -0.15) is 0 Å². The quantitative estimate of drug-likeness (QED) is 0.223. The smallest absolute Gasteiger partial charge is 0.343 e. The Balaban J connectivity index is 1.51. The van der Waals surface area contributed by atoms with Crippen LogP contribution in [-0.4, -0.2) is 17.8 Å². The molecule has 0 atom stereocenters. The molecule has 0 unspecified atom stereocenters. The van der Waals surface area contributed by atoms with Crippen molar-refractivity contribution in [2.75, 3.05) is 10.2 Å². The van der Waals surface area contributed by atoms with Gasteiger partial charge in [0.25, 0.3) is 11.8 Å². The Labute approximate surface area is 214 Å². The van der Waals surface area contributed by atoms with Crippen LogP contribution in [0.5, 0.6) is 5.75 Å². The van der Waals surface area contributed by atoms with Crippen molar-refractivity contribution in [1.82, 2.24) is 0 Å². The molecule has 2 amide bonds. The van der Waals surface area contributed by atoms with E-state index in [1.807, 2.05) is 26.0 Å². The summed E-state index contributed by atoms with van der Waals surface area (Å²) in [5, 5.41) is 2.86. The van der Waals surface area contributed by atoms with Crippen molar-refractivity contribution in [2.45, 2.75) is 13.8 Å². The van der Waals surface area contributed by atoms with Gasteiger partial charge in [-0.15, -0.1) is 0 Å². The van der Waals surface area contributed by atoms with E-state index in [4.69, 9.17) is 27.9 Å². The first kappa shape index (κ1) is 24.0. The zero-order chi connectivity index (χ0) is 24.6. The Morgan fingerprint density at radius 1 is 0.941 bits per heavy atom. The number of rotatable bonds is 5. The summed E-state index contributed by atoms with van der Waals surface area (Å²) in [5.41, 5.74) is 2.59. The average molecular weight is 560 g/mol. The van der Waals surface area contributed by atoms with Crippen LogP contribution in [-0.2, 0) is 9.59 Å². The molecule has 4 rings (SSSR count). The van der Waals surface area contributed by atoms with Crippen LogP contribution in [0.15, 0.2) is 75.9 Å². The number of amides is 2. The van der Waals surface area contributed by atoms with Gasteiger partial charge in [-0.1, -0.05) is 51.3 Å². The lowest BCUT2D eigenvalue weighted by Gasteiger charge is -2.16. The lowest BCUT2D eigenvalue weighted by Crippen LogP contribution is -2.32. The third kappa shape index (κ3) is 4.59. The molecule has 0 saturated carbocycles. The van der Waals surface area contributed by atoms with Gasteiger partial charge >= 0.3 is 5.97 Å². The van der Waals surface area contributed by atoms with Crippen LogP contribution in [0, 0.1) is 13.8 Å². The Morgan fingerprint density at radius 2 is 1.56 bits per heavy atom. The van der Waals surface area contributed by atoms with E-state index in [2.05, 4.69) is 21.2 Å². The number of hydrogen-bond donors (Lipinski definition) is 1. The maximum absolute atomic E-state index is 12.9. The molecule has 0 fully saturated rings. The number of nitrogens with one attached hydrogen (secondary N) is 1. The first-order valence-corrected chi connectivity index (χ1v) is 11.6. The Kier molecular flexibility index (Phi) is 6.79. The number of carbonyl (C=O) groups excluding carboxylic acids is 3. The van der Waals surface area contributed by atoms with Crippen molar-refractivity contribution in [2.24, 2.45) is 0 Å². The number of aryl methyl sites for hydroxylation is 2. The van der Waals surface area contributed by atoms with Gasteiger partial charge in [0.2, 0.25) is 0 Å². The zero-order valence-electron chi connectivity index (χ0n) is 18.0. The van der Waals surface area contributed by atoms with Crippen LogP contribution in [0.3, 0.4) is 0 Å². The molecule has 3 aromatic carbocycles. The fourth-order valence-electron chi connectivity index (χ4n) is 3.51. The standard InChI is InChI=1S/C25H17BrCl2N2O4/c1-13-11-16(26)12-14(2)22(13)34-25(33)15-7-9-17(10-8-15)29-21-20(28)23(31)30(24(21)32)19-6-4-3-5-18(19)27/h3-12,29H,1-2H3. The molecule has 6 nitrogen and oxygen atoms in total. The maximum atomic E-state index is 12.9. The van der Waals surface area contributed by atoms with Crippen molar-refractivity contribution < 1.29 is 19.1 Å². The molecule has 9 heteroatoms. The van der Waals surface area contributed by atoms with Gasteiger partial charge in [-0.3, -0.25) is 9.59 Å². The highest BCUT2D eigenvalue weighted by atomic mass is 79.9. The second kappa shape index (κ2) is 9.62. The topological polar surface area (TPSA) is 75.7 Å². The zero-order valence-corrected chi connectivity index (χ0v) is 21.1. The van der Waals surface area contributed by atoms with E-state index in [0.29, 0.717) is 17.0 Å². The van der Waals surface area contributed by atoms with E-state index in [9.17, 15) is 14.4 Å². The van der Waals surface area contributed by atoms with E-state index in [-0.39, 0.29) is 21.4 Å². The van der Waals surface area contributed by atoms with Gasteiger partial charge < -0.3 is 10.1 Å². The van der Waals surface area contributed by atoms with Gasteiger partial charge in [-0.25, -0.2) is 9.69 Å². The number of carbonyl (C=O) groups is 3. The number of anilines is 2. The van der Waals surface area contributed by atoms with Crippen molar-refractivity contribution >= 4 is 68.3 Å². The van der Waals surface area contributed by atoms with E-state index < -0.39 is 17.8 Å². The molecule has 0 aliphatic carbocycles. The highest BCUT2D eigenvalue weighted by molar-refractivity contribution is 9.10. The number of esters is 1. The highest BCUT2D eigenvalue weighted by Crippen LogP contribution is 2.34. The summed E-state index contributed by atoms with van der Waals surface area (Å²) in [6.45, 7) is 3.72. The molecular weight excluding hydrogens is 543 g/mol. The number of benzene rings is 3. The molecule has 172 valence electrons. The SMILES string of the molecule is Cc1cc(Br)cc(C)c1OC(=O)c1ccc(NC2=C(Cl)C(=O)N(c3ccccc3Cl)C2=O)cc1. The third-order valence-corrected chi connectivity index (χ3v) is 6.26. The fraction of sp³-hybridized carbons (Fsp3) is 0.0800. The number of hydrogen-bond acceptors (Lipinski definition) is 5. The molecule has 0 bridgehead atoms. The van der Waals surface area contributed by atoms with Crippen LogP contribution in [0.1, 0.15) is 21.5 Å². The summed E-state index contributed by atoms with van der Waals surface area (Å²) in [6.07, 6.45) is 0. The molecule has 0 radical (unpaired) electrons. The van der Waals surface area contributed by atoms with Gasteiger partial charge in [0.1, 0.15) is 16.5 Å². The molecule has 3 aromatic rings. The summed E-state index contributed by atoms with van der Waals surface area (Å²) in [5.74, 6) is -1.33. The van der Waals surface area contributed by atoms with Crippen LogP contribution in [0.4, 0.5) is 11.4 Å². The molecule has 0 saturated heterocycles. The largest absolute Gasteiger partial charge is 0.422 e. The molecule has 34 heavy (non-hydrogen) atoms. The third-order valence-electron chi connectivity index (χ3n) is 5.13. The minimum Gasteiger partial charge on any atom is -0.422 e. The minimum absolute atomic E-state index is 0.0805. The van der Waals surface area contributed by atoms with Crippen molar-refractivity contribution in [3.63, 3.8) is 0 Å². The number of imide groups is 1. The molecule has 1 aliphatic heterocycles. The molecule has 0 spiro atoms. The van der Waals surface area contributed by atoms with Crippen LogP contribution < -0.4 is 15.0 Å². The van der Waals surface area contributed by atoms with E-state index in [0.717, 1.165) is 20.5 Å². The number of halogens is 3. The number of para-hydroxylation sites is 1. The van der Waals surface area contributed by atoms with Crippen LogP contribution in [0.25, 0.3) is 0 Å². The lowest BCUT2D eigenvalue weighted by atomic mass is 10.1. The second-order valence-electron chi connectivity index (χ2n) is 7.55. The predicted molar refractivity (Wildman–Crippen MR) is 135 cm³/mol. The van der Waals surface area contributed by atoms with Crippen molar-refractivity contribution in [3.05, 3.63) is 97.6 Å².